The summed E-state index contributed by atoms with van der Waals surface area (Å²) in [5, 5.41) is 4.78. The molecule has 0 N–H and O–H groups in total. The van der Waals surface area contributed by atoms with Crippen LogP contribution in [0.1, 0.15) is 39.5 Å². The highest BCUT2D eigenvalue weighted by Crippen LogP contribution is 2.32. The SMILES string of the molecule is C=CCN(C(=O)c1cc(-c2ccc(C)cc2)no1)c1nc2c(s1)CCCC2. The van der Waals surface area contributed by atoms with Gasteiger partial charge in [-0.1, -0.05) is 41.1 Å². The van der Waals surface area contributed by atoms with Gasteiger partial charge < -0.3 is 4.52 Å². The van der Waals surface area contributed by atoms with Gasteiger partial charge in [0.1, 0.15) is 5.69 Å². The molecule has 0 radical (unpaired) electrons. The minimum atomic E-state index is -0.244. The van der Waals surface area contributed by atoms with Gasteiger partial charge in [-0.05, 0) is 32.6 Å². The molecule has 0 bridgehead atoms. The molecule has 2 aromatic heterocycles. The number of benzene rings is 1. The van der Waals surface area contributed by atoms with Gasteiger partial charge in [-0.2, -0.15) is 0 Å². The molecule has 0 unspecified atom stereocenters. The van der Waals surface area contributed by atoms with Crippen molar-refractivity contribution in [2.45, 2.75) is 32.6 Å². The minimum Gasteiger partial charge on any atom is -0.350 e. The zero-order valence-corrected chi connectivity index (χ0v) is 16.1. The van der Waals surface area contributed by atoms with Crippen LogP contribution < -0.4 is 4.90 Å². The summed E-state index contributed by atoms with van der Waals surface area (Å²) in [5.41, 5.74) is 3.86. The van der Waals surface area contributed by atoms with Gasteiger partial charge in [-0.25, -0.2) is 4.98 Å². The summed E-state index contributed by atoms with van der Waals surface area (Å²) in [7, 11) is 0. The van der Waals surface area contributed by atoms with Crippen molar-refractivity contribution in [2.24, 2.45) is 0 Å². The Bertz CT molecular complexity index is 948. The fourth-order valence-corrected chi connectivity index (χ4v) is 4.36. The Morgan fingerprint density at radius 2 is 2.07 bits per heavy atom. The van der Waals surface area contributed by atoms with Crippen molar-refractivity contribution < 1.29 is 9.32 Å². The minimum absolute atomic E-state index is 0.209. The lowest BCUT2D eigenvalue weighted by Crippen LogP contribution is -2.30. The third-order valence-corrected chi connectivity index (χ3v) is 5.87. The molecule has 0 saturated carbocycles. The van der Waals surface area contributed by atoms with Crippen LogP contribution in [0.2, 0.25) is 0 Å². The fraction of sp³-hybridized carbons (Fsp3) is 0.286. The van der Waals surface area contributed by atoms with E-state index in [0.717, 1.165) is 30.5 Å². The lowest BCUT2D eigenvalue weighted by atomic mass is 10.0. The highest BCUT2D eigenvalue weighted by atomic mass is 32.1. The maximum absolute atomic E-state index is 13.1. The van der Waals surface area contributed by atoms with Crippen LogP contribution in [0.3, 0.4) is 0 Å². The number of anilines is 1. The second-order valence-corrected chi connectivity index (χ2v) is 7.78. The number of carbonyl (C=O) groups is 1. The van der Waals surface area contributed by atoms with Crippen molar-refractivity contribution in [3.05, 3.63) is 64.9 Å². The predicted octanol–water partition coefficient (Wildman–Crippen LogP) is 4.82. The Balaban J connectivity index is 1.62. The lowest BCUT2D eigenvalue weighted by molar-refractivity contribution is 0.0954. The quantitative estimate of drug-likeness (QED) is 0.597. The van der Waals surface area contributed by atoms with Crippen LogP contribution in [0.4, 0.5) is 5.13 Å². The summed E-state index contributed by atoms with van der Waals surface area (Å²) in [6.07, 6.45) is 6.08. The summed E-state index contributed by atoms with van der Waals surface area (Å²) in [6.45, 7) is 6.19. The number of rotatable bonds is 5. The first-order valence-corrected chi connectivity index (χ1v) is 9.92. The Labute approximate surface area is 162 Å². The van der Waals surface area contributed by atoms with Crippen molar-refractivity contribution in [1.29, 1.82) is 0 Å². The van der Waals surface area contributed by atoms with Crippen molar-refractivity contribution >= 4 is 22.4 Å². The van der Waals surface area contributed by atoms with Crippen LogP contribution in [0, 0.1) is 6.92 Å². The number of fused-ring (bicyclic) bond motifs is 1. The van der Waals surface area contributed by atoms with Gasteiger partial charge in [0.25, 0.3) is 5.91 Å². The summed E-state index contributed by atoms with van der Waals surface area (Å²) in [6, 6.07) is 9.65. The van der Waals surface area contributed by atoms with E-state index in [4.69, 9.17) is 9.51 Å². The summed E-state index contributed by atoms with van der Waals surface area (Å²) >= 11 is 1.60. The topological polar surface area (TPSA) is 59.2 Å². The molecule has 0 fully saturated rings. The zero-order chi connectivity index (χ0) is 18.8. The molecule has 1 aliphatic carbocycles. The largest absolute Gasteiger partial charge is 0.350 e. The number of nitrogens with zero attached hydrogens (tertiary/aromatic N) is 3. The predicted molar refractivity (Wildman–Crippen MR) is 107 cm³/mol. The summed E-state index contributed by atoms with van der Waals surface area (Å²) in [5.74, 6) is -0.0348. The molecule has 4 rings (SSSR count). The van der Waals surface area contributed by atoms with Crippen LogP contribution in [0.5, 0.6) is 0 Å². The van der Waals surface area contributed by atoms with Crippen LogP contribution in [-0.4, -0.2) is 22.6 Å². The van der Waals surface area contributed by atoms with Crippen LogP contribution in [0.15, 0.2) is 47.5 Å². The Morgan fingerprint density at radius 1 is 1.30 bits per heavy atom. The average molecular weight is 379 g/mol. The van der Waals surface area contributed by atoms with E-state index >= 15 is 0 Å². The number of hydrogen-bond donors (Lipinski definition) is 0. The summed E-state index contributed by atoms with van der Waals surface area (Å²) < 4.78 is 5.36. The fourth-order valence-electron chi connectivity index (χ4n) is 3.20. The molecule has 0 aliphatic heterocycles. The third kappa shape index (κ3) is 3.57. The molecule has 2 heterocycles. The van der Waals surface area contributed by atoms with Crippen LogP contribution >= 0.6 is 11.3 Å². The van der Waals surface area contributed by atoms with E-state index in [1.807, 2.05) is 31.2 Å². The monoisotopic (exact) mass is 379 g/mol. The van der Waals surface area contributed by atoms with E-state index in [1.165, 1.54) is 16.9 Å². The Hall–Kier alpha value is -2.73. The maximum Gasteiger partial charge on any atom is 0.298 e. The number of aryl methyl sites for hydroxylation is 3. The third-order valence-electron chi connectivity index (χ3n) is 4.69. The van der Waals surface area contributed by atoms with E-state index in [2.05, 4.69) is 11.7 Å². The van der Waals surface area contributed by atoms with Gasteiger partial charge >= 0.3 is 0 Å². The molecule has 138 valence electrons. The van der Waals surface area contributed by atoms with Gasteiger partial charge in [0.2, 0.25) is 5.76 Å². The normalized spacial score (nSPS) is 13.2. The molecule has 6 heteroatoms. The van der Waals surface area contributed by atoms with E-state index in [-0.39, 0.29) is 11.7 Å². The summed E-state index contributed by atoms with van der Waals surface area (Å²) in [4.78, 5) is 20.7. The second kappa shape index (κ2) is 7.48. The molecule has 0 atom stereocenters. The maximum atomic E-state index is 13.1. The van der Waals surface area contributed by atoms with Gasteiger partial charge in [0, 0.05) is 23.1 Å². The molecule has 3 aromatic rings. The zero-order valence-electron chi connectivity index (χ0n) is 15.3. The lowest BCUT2D eigenvalue weighted by Gasteiger charge is -2.15. The second-order valence-electron chi connectivity index (χ2n) is 6.72. The molecule has 1 amide bonds. The van der Waals surface area contributed by atoms with Crippen molar-refractivity contribution in [3.8, 4) is 11.3 Å². The highest BCUT2D eigenvalue weighted by molar-refractivity contribution is 7.16. The van der Waals surface area contributed by atoms with Gasteiger partial charge in [-0.3, -0.25) is 9.69 Å². The Kier molecular flexibility index (Phi) is 4.90. The van der Waals surface area contributed by atoms with E-state index in [1.54, 1.807) is 28.4 Å². The number of aromatic nitrogens is 2. The molecule has 27 heavy (non-hydrogen) atoms. The first-order valence-electron chi connectivity index (χ1n) is 9.11. The molecular weight excluding hydrogens is 358 g/mol. The molecule has 0 saturated heterocycles. The van der Waals surface area contributed by atoms with Gasteiger partial charge in [-0.15, -0.1) is 17.9 Å². The van der Waals surface area contributed by atoms with Crippen LogP contribution in [0.25, 0.3) is 11.3 Å². The first-order chi connectivity index (χ1) is 13.2. The number of carbonyl (C=O) groups excluding carboxylic acids is 1. The standard InChI is InChI=1S/C21H21N3O2S/c1-3-12-24(21-22-16-6-4-5-7-19(16)27-21)20(25)18-13-17(23-26-18)15-10-8-14(2)9-11-15/h3,8-11,13H,1,4-7,12H2,2H3. The number of thiazole rings is 1. The number of hydrogen-bond acceptors (Lipinski definition) is 5. The van der Waals surface area contributed by atoms with E-state index in [0.29, 0.717) is 17.4 Å². The molecular formula is C21H21N3O2S. The first kappa shape index (κ1) is 17.7. The average Bonchev–Trinajstić information content (AvgIpc) is 3.33. The van der Waals surface area contributed by atoms with E-state index < -0.39 is 0 Å². The van der Waals surface area contributed by atoms with Gasteiger partial charge in [0.15, 0.2) is 5.13 Å². The van der Waals surface area contributed by atoms with Crippen LogP contribution in [-0.2, 0) is 12.8 Å². The van der Waals surface area contributed by atoms with Crippen molar-refractivity contribution in [1.82, 2.24) is 10.1 Å². The number of amides is 1. The van der Waals surface area contributed by atoms with Crippen molar-refractivity contribution in [3.63, 3.8) is 0 Å². The Morgan fingerprint density at radius 3 is 2.81 bits per heavy atom. The van der Waals surface area contributed by atoms with Gasteiger partial charge in [0.05, 0.1) is 5.69 Å². The molecule has 0 spiro atoms. The molecule has 1 aliphatic rings. The molecule has 5 nitrogen and oxygen atoms in total. The van der Waals surface area contributed by atoms with Crippen molar-refractivity contribution in [2.75, 3.05) is 11.4 Å². The smallest absolute Gasteiger partial charge is 0.298 e. The van der Waals surface area contributed by atoms with E-state index in [9.17, 15) is 4.79 Å². The highest BCUT2D eigenvalue weighted by Gasteiger charge is 2.26. The molecule has 1 aromatic carbocycles.